The van der Waals surface area contributed by atoms with Crippen LogP contribution in [0.1, 0.15) is 25.0 Å². The zero-order chi connectivity index (χ0) is 22.8. The number of carbonyl (C=O) groups is 1. The molecule has 6 nitrogen and oxygen atoms in total. The zero-order valence-electron chi connectivity index (χ0n) is 18.6. The maximum Gasteiger partial charge on any atom is 0.240 e. The Morgan fingerprint density at radius 1 is 1.03 bits per heavy atom. The van der Waals surface area contributed by atoms with Gasteiger partial charge < -0.3 is 4.90 Å². The van der Waals surface area contributed by atoms with Crippen molar-refractivity contribution in [2.24, 2.45) is 0 Å². The Balaban J connectivity index is 1.44. The van der Waals surface area contributed by atoms with Crippen LogP contribution < -0.4 is 4.90 Å². The molecule has 0 bridgehead atoms. The number of hydrogen-bond donors (Lipinski definition) is 0. The fraction of sp³-hybridized carbons (Fsp3) is 0.231. The highest BCUT2D eigenvalue weighted by molar-refractivity contribution is 8.00. The van der Waals surface area contributed by atoms with E-state index in [0.717, 1.165) is 34.2 Å². The van der Waals surface area contributed by atoms with Crippen molar-refractivity contribution in [2.75, 3.05) is 4.90 Å². The lowest BCUT2D eigenvalue weighted by Gasteiger charge is -2.25. The average Bonchev–Trinajstić information content (AvgIpc) is 3.39. The van der Waals surface area contributed by atoms with Crippen LogP contribution >= 0.6 is 11.8 Å². The van der Waals surface area contributed by atoms with Crippen molar-refractivity contribution in [1.82, 2.24) is 19.7 Å². The van der Waals surface area contributed by atoms with E-state index in [0.29, 0.717) is 6.54 Å². The van der Waals surface area contributed by atoms with Crippen molar-refractivity contribution >= 4 is 23.4 Å². The molecule has 7 heteroatoms. The summed E-state index contributed by atoms with van der Waals surface area (Å²) in [5.74, 6) is 0.862. The van der Waals surface area contributed by atoms with Crippen LogP contribution in [-0.2, 0) is 17.8 Å². The molecule has 166 valence electrons. The van der Waals surface area contributed by atoms with E-state index in [9.17, 15) is 4.79 Å². The molecule has 2 aromatic heterocycles. The minimum absolute atomic E-state index is 0.0946. The standard InChI is InChI=1S/C26H25N5OS/c1-18-16-22-10-6-7-11-23(22)31(18)25(32)19(2)33-26-29-28-24(21-12-14-27-15-13-21)30(26)17-20-8-4-3-5-9-20/h3-15,18-19H,16-17H2,1-2H3/t18-,19-/m0/s1. The Kier molecular flexibility index (Phi) is 5.96. The fourth-order valence-electron chi connectivity index (χ4n) is 4.30. The monoisotopic (exact) mass is 455 g/mol. The first kappa shape index (κ1) is 21.4. The van der Waals surface area contributed by atoms with Crippen molar-refractivity contribution in [3.63, 3.8) is 0 Å². The van der Waals surface area contributed by atoms with E-state index in [1.54, 1.807) is 12.4 Å². The van der Waals surface area contributed by atoms with Crippen LogP contribution in [0.25, 0.3) is 11.4 Å². The van der Waals surface area contributed by atoms with Gasteiger partial charge in [0.1, 0.15) is 0 Å². The summed E-state index contributed by atoms with van der Waals surface area (Å²) >= 11 is 1.46. The number of hydrogen-bond acceptors (Lipinski definition) is 5. The predicted molar refractivity (Wildman–Crippen MR) is 131 cm³/mol. The third kappa shape index (κ3) is 4.28. The second-order valence-corrected chi connectivity index (χ2v) is 9.57. The Morgan fingerprint density at radius 2 is 1.76 bits per heavy atom. The maximum atomic E-state index is 13.5. The Labute approximate surface area is 197 Å². The summed E-state index contributed by atoms with van der Waals surface area (Å²) in [5.41, 5.74) is 4.34. The van der Waals surface area contributed by atoms with Crippen LogP contribution in [0, 0.1) is 0 Å². The average molecular weight is 456 g/mol. The minimum atomic E-state index is -0.303. The van der Waals surface area contributed by atoms with Crippen molar-refractivity contribution in [1.29, 1.82) is 0 Å². The largest absolute Gasteiger partial charge is 0.308 e. The van der Waals surface area contributed by atoms with Crippen LogP contribution in [0.3, 0.4) is 0 Å². The van der Waals surface area contributed by atoms with Crippen LogP contribution in [0.4, 0.5) is 5.69 Å². The van der Waals surface area contributed by atoms with Crippen molar-refractivity contribution < 1.29 is 4.79 Å². The second kappa shape index (κ2) is 9.19. The summed E-state index contributed by atoms with van der Waals surface area (Å²) in [6.07, 6.45) is 4.39. The molecule has 33 heavy (non-hydrogen) atoms. The van der Waals surface area contributed by atoms with Crippen LogP contribution in [0.5, 0.6) is 0 Å². The van der Waals surface area contributed by atoms with Gasteiger partial charge >= 0.3 is 0 Å². The van der Waals surface area contributed by atoms with Gasteiger partial charge in [-0.1, -0.05) is 60.3 Å². The molecule has 0 N–H and O–H groups in total. The zero-order valence-corrected chi connectivity index (χ0v) is 19.4. The lowest BCUT2D eigenvalue weighted by Crippen LogP contribution is -2.40. The number of pyridine rings is 1. The molecule has 2 aromatic carbocycles. The number of rotatable bonds is 6. The SMILES string of the molecule is C[C@H](Sc1nnc(-c2ccncc2)n1Cc1ccccc1)C(=O)N1c2ccccc2C[C@@H]1C. The summed E-state index contributed by atoms with van der Waals surface area (Å²) in [7, 11) is 0. The smallest absolute Gasteiger partial charge is 0.240 e. The molecule has 2 atom stereocenters. The first-order chi connectivity index (χ1) is 16.1. The number of amides is 1. The van der Waals surface area contributed by atoms with Gasteiger partial charge in [-0.25, -0.2) is 0 Å². The van der Waals surface area contributed by atoms with E-state index in [-0.39, 0.29) is 17.2 Å². The van der Waals surface area contributed by atoms with Gasteiger partial charge in [0.25, 0.3) is 0 Å². The molecule has 0 fully saturated rings. The number of nitrogens with zero attached hydrogens (tertiary/aromatic N) is 5. The van der Waals surface area contributed by atoms with Gasteiger partial charge in [0, 0.05) is 29.7 Å². The minimum Gasteiger partial charge on any atom is -0.308 e. The molecule has 0 saturated carbocycles. The number of aromatic nitrogens is 4. The van der Waals surface area contributed by atoms with Crippen molar-refractivity contribution in [2.45, 2.75) is 43.3 Å². The van der Waals surface area contributed by atoms with E-state index in [4.69, 9.17) is 0 Å². The van der Waals surface area contributed by atoms with E-state index >= 15 is 0 Å². The molecule has 1 aliphatic rings. The second-order valence-electron chi connectivity index (χ2n) is 8.26. The summed E-state index contributed by atoms with van der Waals surface area (Å²) in [4.78, 5) is 19.6. The molecule has 0 saturated heterocycles. The van der Waals surface area contributed by atoms with Crippen molar-refractivity contribution in [3.8, 4) is 11.4 Å². The van der Waals surface area contributed by atoms with Gasteiger partial charge in [0.15, 0.2) is 11.0 Å². The van der Waals surface area contributed by atoms with Gasteiger partial charge in [-0.05, 0) is 49.6 Å². The molecule has 0 radical (unpaired) electrons. The lowest BCUT2D eigenvalue weighted by molar-refractivity contribution is -0.118. The van der Waals surface area contributed by atoms with Gasteiger partial charge in [-0.2, -0.15) is 0 Å². The van der Waals surface area contributed by atoms with Crippen LogP contribution in [-0.4, -0.2) is 36.9 Å². The van der Waals surface area contributed by atoms with Gasteiger partial charge in [-0.15, -0.1) is 10.2 Å². The first-order valence-electron chi connectivity index (χ1n) is 11.1. The lowest BCUT2D eigenvalue weighted by atomic mass is 10.1. The topological polar surface area (TPSA) is 63.9 Å². The number of benzene rings is 2. The van der Waals surface area contributed by atoms with E-state index < -0.39 is 0 Å². The van der Waals surface area contributed by atoms with Crippen LogP contribution in [0.15, 0.2) is 84.3 Å². The molecule has 0 unspecified atom stereocenters. The quantitative estimate of drug-likeness (QED) is 0.389. The molecule has 0 aliphatic carbocycles. The summed E-state index contributed by atoms with van der Waals surface area (Å²) in [5, 5.41) is 9.39. The Morgan fingerprint density at radius 3 is 2.55 bits per heavy atom. The number of para-hydroxylation sites is 1. The molecule has 1 aliphatic heterocycles. The van der Waals surface area contributed by atoms with E-state index in [1.807, 2.05) is 60.4 Å². The normalized spacial score (nSPS) is 15.9. The molecule has 4 aromatic rings. The van der Waals surface area contributed by atoms with E-state index in [1.165, 1.54) is 17.3 Å². The fourth-order valence-corrected chi connectivity index (χ4v) is 5.20. The third-order valence-electron chi connectivity index (χ3n) is 5.91. The molecular formula is C26H25N5OS. The molecule has 1 amide bonds. The molecule has 3 heterocycles. The predicted octanol–water partition coefficient (Wildman–Crippen LogP) is 4.85. The number of carbonyl (C=O) groups excluding carboxylic acids is 1. The highest BCUT2D eigenvalue weighted by atomic mass is 32.2. The highest BCUT2D eigenvalue weighted by Gasteiger charge is 2.34. The number of anilines is 1. The summed E-state index contributed by atoms with van der Waals surface area (Å²) in [6.45, 7) is 4.68. The number of thioether (sulfide) groups is 1. The van der Waals surface area contributed by atoms with Crippen LogP contribution in [0.2, 0.25) is 0 Å². The van der Waals surface area contributed by atoms with E-state index in [2.05, 4.69) is 44.9 Å². The summed E-state index contributed by atoms with van der Waals surface area (Å²) < 4.78 is 2.08. The Bertz CT molecular complexity index is 1260. The maximum absolute atomic E-state index is 13.5. The molecule has 0 spiro atoms. The van der Waals surface area contributed by atoms with Gasteiger partial charge in [0.05, 0.1) is 11.8 Å². The first-order valence-corrected chi connectivity index (χ1v) is 11.9. The third-order valence-corrected chi connectivity index (χ3v) is 6.98. The highest BCUT2D eigenvalue weighted by Crippen LogP contribution is 2.35. The summed E-state index contributed by atoms with van der Waals surface area (Å²) in [6, 6.07) is 22.4. The van der Waals surface area contributed by atoms with Crippen molar-refractivity contribution in [3.05, 3.63) is 90.3 Å². The Hall–Kier alpha value is -3.45. The number of fused-ring (bicyclic) bond motifs is 1. The molecular weight excluding hydrogens is 430 g/mol. The molecule has 5 rings (SSSR count). The van der Waals surface area contributed by atoms with Gasteiger partial charge in [-0.3, -0.25) is 14.3 Å². The van der Waals surface area contributed by atoms with Gasteiger partial charge in [0.2, 0.25) is 5.91 Å².